The number of para-hydroxylation sites is 1. The summed E-state index contributed by atoms with van der Waals surface area (Å²) in [5.41, 5.74) is 7.86. The van der Waals surface area contributed by atoms with Crippen LogP contribution in [0.5, 0.6) is 0 Å². The van der Waals surface area contributed by atoms with Crippen LogP contribution < -0.4 is 15.4 Å². The summed E-state index contributed by atoms with van der Waals surface area (Å²) in [6.07, 6.45) is 1.51. The third-order valence-electron chi connectivity index (χ3n) is 6.86. The number of carbonyl (C=O) groups excluding carboxylic acids is 2. The van der Waals surface area contributed by atoms with Gasteiger partial charge < -0.3 is 15.8 Å². The van der Waals surface area contributed by atoms with Crippen LogP contribution in [0.1, 0.15) is 28.4 Å². The molecule has 0 spiro atoms. The first-order valence-corrected chi connectivity index (χ1v) is 14.9. The van der Waals surface area contributed by atoms with E-state index >= 15 is 0 Å². The third-order valence-corrected chi connectivity index (χ3v) is 8.66. The van der Waals surface area contributed by atoms with E-state index in [0.29, 0.717) is 27.3 Å². The number of rotatable bonds is 10. The Morgan fingerprint density at radius 2 is 1.67 bits per heavy atom. The molecule has 5 aromatic rings. The Morgan fingerprint density at radius 1 is 0.953 bits per heavy atom. The van der Waals surface area contributed by atoms with Gasteiger partial charge in [-0.25, -0.2) is 8.42 Å². The van der Waals surface area contributed by atoms with E-state index in [9.17, 15) is 18.0 Å². The van der Waals surface area contributed by atoms with Gasteiger partial charge in [0.05, 0.1) is 17.8 Å². The van der Waals surface area contributed by atoms with Gasteiger partial charge in [0.1, 0.15) is 17.3 Å². The molecule has 0 radical (unpaired) electrons. The van der Waals surface area contributed by atoms with Gasteiger partial charge in [-0.2, -0.15) is 0 Å². The fourth-order valence-electron chi connectivity index (χ4n) is 4.75. The highest BCUT2D eigenvalue weighted by Gasteiger charge is 2.30. The van der Waals surface area contributed by atoms with Crippen molar-refractivity contribution < 1.29 is 22.7 Å². The molecule has 1 heterocycles. The van der Waals surface area contributed by atoms with Crippen molar-refractivity contribution in [2.45, 2.75) is 18.4 Å². The van der Waals surface area contributed by atoms with Crippen LogP contribution in [0.3, 0.4) is 0 Å². The van der Waals surface area contributed by atoms with Crippen molar-refractivity contribution in [2.24, 2.45) is 5.73 Å². The molecule has 0 atom stereocenters. The van der Waals surface area contributed by atoms with Crippen molar-refractivity contribution in [1.82, 2.24) is 10.3 Å². The number of amidine groups is 1. The molecule has 218 valence electrons. The second kappa shape index (κ2) is 12.3. The molecule has 1 amide bonds. The minimum absolute atomic E-state index is 0.0342. The molecular formula is C32H29N5O5S. The monoisotopic (exact) mass is 595 g/mol. The zero-order chi connectivity index (χ0) is 30.6. The first-order chi connectivity index (χ1) is 20.7. The van der Waals surface area contributed by atoms with Crippen LogP contribution >= 0.6 is 0 Å². The smallest absolute Gasteiger partial charge is 0.326 e. The lowest BCUT2D eigenvalue weighted by Crippen LogP contribution is -2.36. The van der Waals surface area contributed by atoms with Crippen molar-refractivity contribution in [3.63, 3.8) is 0 Å². The van der Waals surface area contributed by atoms with Gasteiger partial charge in [-0.15, -0.1) is 0 Å². The van der Waals surface area contributed by atoms with Gasteiger partial charge in [0.15, 0.2) is 0 Å². The van der Waals surface area contributed by atoms with Crippen LogP contribution in [-0.4, -0.2) is 44.3 Å². The number of pyridine rings is 1. The molecule has 11 heteroatoms. The van der Waals surface area contributed by atoms with Crippen LogP contribution in [-0.2, 0) is 26.1 Å². The van der Waals surface area contributed by atoms with Crippen molar-refractivity contribution in [3.05, 3.63) is 114 Å². The number of nitrogens with zero attached hydrogens (tertiary/aromatic N) is 2. The standard InChI is InChI=1S/C32H29N5O5S/c1-2-42-29(38)20-37(43(40,41)28-10-4-6-22-8-5-17-35-30(22)28)25-15-16-26-24(18-25)7-3-9-27(26)32(39)36-19-21-11-13-23(14-12-21)31(33)34/h3-18H,2,19-20H2,1H3,(H3,33,34)(H,36,39). The number of hydrogen-bond donors (Lipinski definition) is 3. The molecule has 0 fully saturated rings. The maximum atomic E-state index is 14.1. The van der Waals surface area contributed by atoms with Gasteiger partial charge in [-0.3, -0.25) is 24.3 Å². The number of sulfonamides is 1. The largest absolute Gasteiger partial charge is 0.465 e. The van der Waals surface area contributed by atoms with Crippen molar-refractivity contribution in [3.8, 4) is 0 Å². The number of nitrogens with one attached hydrogen (secondary N) is 2. The summed E-state index contributed by atoms with van der Waals surface area (Å²) in [6.45, 7) is 1.46. The minimum atomic E-state index is -4.27. The van der Waals surface area contributed by atoms with E-state index in [1.54, 1.807) is 91.9 Å². The average molecular weight is 596 g/mol. The van der Waals surface area contributed by atoms with Crippen molar-refractivity contribution in [2.75, 3.05) is 17.5 Å². The van der Waals surface area contributed by atoms with Crippen molar-refractivity contribution >= 4 is 55.1 Å². The summed E-state index contributed by atoms with van der Waals surface area (Å²) in [5.74, 6) is -1.05. The Bertz CT molecular complexity index is 1950. The molecule has 43 heavy (non-hydrogen) atoms. The molecule has 0 aliphatic heterocycles. The predicted octanol–water partition coefficient (Wildman–Crippen LogP) is 4.36. The van der Waals surface area contributed by atoms with Gasteiger partial charge >= 0.3 is 5.97 Å². The van der Waals surface area contributed by atoms with Gasteiger partial charge in [-0.05, 0) is 53.6 Å². The van der Waals surface area contributed by atoms with Crippen LogP contribution in [0.15, 0.2) is 102 Å². The number of ether oxygens (including phenoxy) is 1. The number of benzene rings is 4. The summed E-state index contributed by atoms with van der Waals surface area (Å²) in [7, 11) is -4.27. The Morgan fingerprint density at radius 3 is 2.42 bits per heavy atom. The lowest BCUT2D eigenvalue weighted by molar-refractivity contribution is -0.141. The number of nitrogen functional groups attached to an aromatic ring is 1. The van der Waals surface area contributed by atoms with E-state index in [1.807, 2.05) is 0 Å². The number of amides is 1. The molecular weight excluding hydrogens is 566 g/mol. The number of fused-ring (bicyclic) bond motifs is 2. The zero-order valence-electron chi connectivity index (χ0n) is 23.3. The highest BCUT2D eigenvalue weighted by molar-refractivity contribution is 7.93. The number of aromatic nitrogens is 1. The zero-order valence-corrected chi connectivity index (χ0v) is 24.1. The number of hydrogen-bond acceptors (Lipinski definition) is 7. The normalized spacial score (nSPS) is 11.3. The Kier molecular flexibility index (Phi) is 8.35. The van der Waals surface area contributed by atoms with E-state index in [2.05, 4.69) is 10.3 Å². The Balaban J connectivity index is 1.49. The fraction of sp³-hybridized carbons (Fsp3) is 0.125. The molecule has 0 unspecified atom stereocenters. The number of nitrogens with two attached hydrogens (primary N) is 1. The third kappa shape index (κ3) is 6.16. The molecule has 0 aliphatic carbocycles. The van der Waals surface area contributed by atoms with Gasteiger partial charge in [0.2, 0.25) is 0 Å². The lowest BCUT2D eigenvalue weighted by Gasteiger charge is -2.24. The molecule has 10 nitrogen and oxygen atoms in total. The van der Waals surface area contributed by atoms with Gasteiger partial charge in [-0.1, -0.05) is 60.7 Å². The molecule has 0 aliphatic rings. The van der Waals surface area contributed by atoms with Crippen molar-refractivity contribution in [1.29, 1.82) is 5.41 Å². The molecule has 5 rings (SSSR count). The Hall–Kier alpha value is -5.29. The van der Waals surface area contributed by atoms with Crippen LogP contribution in [0.25, 0.3) is 21.7 Å². The van der Waals surface area contributed by atoms with E-state index in [0.717, 1.165) is 9.87 Å². The minimum Gasteiger partial charge on any atom is -0.465 e. The number of carbonyl (C=O) groups is 2. The van der Waals surface area contributed by atoms with Crippen LogP contribution in [0, 0.1) is 5.41 Å². The van der Waals surface area contributed by atoms with E-state index in [1.165, 1.54) is 12.3 Å². The van der Waals surface area contributed by atoms with Gasteiger partial charge in [0, 0.05) is 29.3 Å². The molecule has 0 saturated carbocycles. The molecule has 4 aromatic carbocycles. The first-order valence-electron chi connectivity index (χ1n) is 13.5. The number of anilines is 1. The van der Waals surface area contributed by atoms with E-state index in [-0.39, 0.29) is 41.0 Å². The first kappa shape index (κ1) is 29.2. The second-order valence-corrected chi connectivity index (χ2v) is 11.5. The summed E-state index contributed by atoms with van der Waals surface area (Å²) in [6, 6.07) is 25.4. The van der Waals surface area contributed by atoms with E-state index in [4.69, 9.17) is 15.9 Å². The van der Waals surface area contributed by atoms with E-state index < -0.39 is 22.5 Å². The predicted molar refractivity (Wildman–Crippen MR) is 165 cm³/mol. The van der Waals surface area contributed by atoms with Gasteiger partial charge in [0.25, 0.3) is 15.9 Å². The maximum absolute atomic E-state index is 14.1. The summed E-state index contributed by atoms with van der Waals surface area (Å²) >= 11 is 0. The summed E-state index contributed by atoms with van der Waals surface area (Å²) in [5, 5.41) is 12.3. The molecule has 0 saturated heterocycles. The molecule has 0 bridgehead atoms. The quantitative estimate of drug-likeness (QED) is 0.123. The van der Waals surface area contributed by atoms with Crippen LogP contribution in [0.4, 0.5) is 5.69 Å². The average Bonchev–Trinajstić information content (AvgIpc) is 3.01. The highest BCUT2D eigenvalue weighted by atomic mass is 32.2. The number of esters is 1. The SMILES string of the molecule is CCOC(=O)CN(c1ccc2c(C(=O)NCc3ccc(C(=N)N)cc3)cccc2c1)S(=O)(=O)c1cccc2cccnc12. The molecule has 1 aromatic heterocycles. The molecule has 4 N–H and O–H groups in total. The highest BCUT2D eigenvalue weighted by Crippen LogP contribution is 2.31. The fourth-order valence-corrected chi connectivity index (χ4v) is 6.32. The van der Waals surface area contributed by atoms with Crippen LogP contribution in [0.2, 0.25) is 0 Å². The maximum Gasteiger partial charge on any atom is 0.326 e. The lowest BCUT2D eigenvalue weighted by atomic mass is 10.0. The second-order valence-electron chi connectivity index (χ2n) is 9.65. The summed E-state index contributed by atoms with van der Waals surface area (Å²) < 4.78 is 34.2. The summed E-state index contributed by atoms with van der Waals surface area (Å²) in [4.78, 5) is 30.0. The Labute approximate surface area is 248 Å². The topological polar surface area (TPSA) is 156 Å².